The van der Waals surface area contributed by atoms with Gasteiger partial charge in [0.05, 0.1) is 4.90 Å². The number of aryl methyl sites for hydroxylation is 1. The molecule has 24 heavy (non-hydrogen) atoms. The highest BCUT2D eigenvalue weighted by molar-refractivity contribution is 7.89. The van der Waals surface area contributed by atoms with Crippen LogP contribution in [0, 0.1) is 6.92 Å². The molecule has 128 valence electrons. The van der Waals surface area contributed by atoms with Crippen LogP contribution in [0.2, 0.25) is 0 Å². The zero-order chi connectivity index (χ0) is 17.6. The fraction of sp³-hybridized carbons (Fsp3) is 0.278. The molecule has 0 heterocycles. The molecule has 2 rings (SSSR count). The highest BCUT2D eigenvalue weighted by Gasteiger charge is 2.12. The minimum absolute atomic E-state index is 0.0977. The molecule has 0 fully saturated rings. The van der Waals surface area contributed by atoms with Crippen molar-refractivity contribution in [2.75, 3.05) is 13.1 Å². The van der Waals surface area contributed by atoms with E-state index in [1.54, 1.807) is 37.3 Å². The molecule has 0 saturated heterocycles. The lowest BCUT2D eigenvalue weighted by Crippen LogP contribution is -2.26. The quantitative estimate of drug-likeness (QED) is 0.807. The maximum Gasteiger partial charge on any atom is 0.251 e. The van der Waals surface area contributed by atoms with Crippen LogP contribution in [0.4, 0.5) is 0 Å². The van der Waals surface area contributed by atoms with Gasteiger partial charge in [-0.1, -0.05) is 37.3 Å². The first-order valence-electron chi connectivity index (χ1n) is 7.86. The lowest BCUT2D eigenvalue weighted by atomic mass is 10.1. The second-order valence-electron chi connectivity index (χ2n) is 5.47. The zero-order valence-electron chi connectivity index (χ0n) is 13.9. The molecule has 5 nitrogen and oxygen atoms in total. The predicted molar refractivity (Wildman–Crippen MR) is 94.5 cm³/mol. The summed E-state index contributed by atoms with van der Waals surface area (Å²) >= 11 is 0. The highest BCUT2D eigenvalue weighted by Crippen LogP contribution is 2.11. The number of hydrogen-bond donors (Lipinski definition) is 2. The van der Waals surface area contributed by atoms with Crippen LogP contribution < -0.4 is 10.0 Å². The van der Waals surface area contributed by atoms with E-state index in [0.29, 0.717) is 25.1 Å². The van der Waals surface area contributed by atoms with Crippen molar-refractivity contribution < 1.29 is 13.2 Å². The van der Waals surface area contributed by atoms with Gasteiger partial charge in [-0.3, -0.25) is 4.79 Å². The molecule has 2 aromatic rings. The Bertz CT molecular complexity index is 799. The molecule has 0 aliphatic carbocycles. The lowest BCUT2D eigenvalue weighted by molar-refractivity contribution is 0.0953. The second kappa shape index (κ2) is 8.08. The third kappa shape index (κ3) is 4.66. The van der Waals surface area contributed by atoms with Crippen LogP contribution in [0.1, 0.15) is 28.4 Å². The Labute approximate surface area is 143 Å². The molecule has 0 bridgehead atoms. The van der Waals surface area contributed by atoms with E-state index in [1.165, 1.54) is 0 Å². The van der Waals surface area contributed by atoms with Crippen molar-refractivity contribution in [1.29, 1.82) is 0 Å². The summed E-state index contributed by atoms with van der Waals surface area (Å²) in [5, 5.41) is 2.88. The topological polar surface area (TPSA) is 75.3 Å². The molecular weight excluding hydrogens is 324 g/mol. The van der Waals surface area contributed by atoms with E-state index >= 15 is 0 Å². The first kappa shape index (κ1) is 18.2. The van der Waals surface area contributed by atoms with Gasteiger partial charge in [0.25, 0.3) is 5.91 Å². The number of sulfonamides is 1. The van der Waals surface area contributed by atoms with E-state index in [2.05, 4.69) is 10.0 Å². The molecule has 2 aromatic carbocycles. The van der Waals surface area contributed by atoms with E-state index in [-0.39, 0.29) is 10.8 Å². The van der Waals surface area contributed by atoms with Crippen LogP contribution in [0.15, 0.2) is 53.4 Å². The Morgan fingerprint density at radius 1 is 1.04 bits per heavy atom. The van der Waals surface area contributed by atoms with Gasteiger partial charge in [0.1, 0.15) is 0 Å². The summed E-state index contributed by atoms with van der Waals surface area (Å²) in [4.78, 5) is 12.4. The smallest absolute Gasteiger partial charge is 0.251 e. The summed E-state index contributed by atoms with van der Waals surface area (Å²) < 4.78 is 26.2. The minimum atomic E-state index is -3.42. The summed E-state index contributed by atoms with van der Waals surface area (Å²) in [6, 6.07) is 14.1. The molecule has 0 aromatic heterocycles. The van der Waals surface area contributed by atoms with Crippen LogP contribution in [0.25, 0.3) is 0 Å². The summed E-state index contributed by atoms with van der Waals surface area (Å²) in [5.41, 5.74) is 2.58. The van der Waals surface area contributed by atoms with Crippen LogP contribution in [-0.4, -0.2) is 27.4 Å². The van der Waals surface area contributed by atoms with Gasteiger partial charge < -0.3 is 5.32 Å². The minimum Gasteiger partial charge on any atom is -0.352 e. The number of amides is 1. The molecule has 0 unspecified atom stereocenters. The average Bonchev–Trinajstić information content (AvgIpc) is 2.55. The van der Waals surface area contributed by atoms with Crippen LogP contribution in [-0.2, 0) is 16.4 Å². The second-order valence-corrected chi connectivity index (χ2v) is 7.23. The molecule has 2 N–H and O–H groups in total. The van der Waals surface area contributed by atoms with Gasteiger partial charge in [-0.15, -0.1) is 0 Å². The van der Waals surface area contributed by atoms with E-state index in [4.69, 9.17) is 0 Å². The fourth-order valence-corrected chi connectivity index (χ4v) is 3.39. The monoisotopic (exact) mass is 346 g/mol. The summed E-state index contributed by atoms with van der Waals surface area (Å²) in [7, 11) is -3.42. The van der Waals surface area contributed by atoms with Gasteiger partial charge in [0, 0.05) is 18.7 Å². The van der Waals surface area contributed by atoms with Crippen molar-refractivity contribution in [2.24, 2.45) is 0 Å². The number of rotatable bonds is 7. The van der Waals surface area contributed by atoms with Crippen molar-refractivity contribution in [2.45, 2.75) is 25.2 Å². The maximum atomic E-state index is 12.1. The number of carbonyl (C=O) groups is 1. The Morgan fingerprint density at radius 3 is 2.33 bits per heavy atom. The van der Waals surface area contributed by atoms with Gasteiger partial charge in [-0.2, -0.15) is 0 Å². The number of hydrogen-bond acceptors (Lipinski definition) is 3. The van der Waals surface area contributed by atoms with Crippen molar-refractivity contribution in [3.05, 3.63) is 65.2 Å². The van der Waals surface area contributed by atoms with E-state index in [9.17, 15) is 13.2 Å². The third-order valence-electron chi connectivity index (χ3n) is 3.66. The fourth-order valence-electron chi connectivity index (χ4n) is 2.35. The molecule has 1 amide bonds. The third-order valence-corrected chi connectivity index (χ3v) is 5.22. The zero-order valence-corrected chi connectivity index (χ0v) is 14.7. The van der Waals surface area contributed by atoms with Crippen LogP contribution >= 0.6 is 0 Å². The summed E-state index contributed by atoms with van der Waals surface area (Å²) in [5.74, 6) is -0.0977. The molecule has 6 heteroatoms. The standard InChI is InChI=1S/C18H22N2O3S/c1-3-20-24(22,23)16-10-8-15(9-11-16)12-13-19-18(21)17-7-5-4-6-14(17)2/h4-11,20H,3,12-13H2,1-2H3,(H,19,21). The van der Waals surface area contributed by atoms with Gasteiger partial charge in [-0.25, -0.2) is 13.1 Å². The van der Waals surface area contributed by atoms with Gasteiger partial charge in [0.2, 0.25) is 10.0 Å². The summed E-state index contributed by atoms with van der Waals surface area (Å²) in [6.07, 6.45) is 0.638. The predicted octanol–water partition coefficient (Wildman–Crippen LogP) is 2.27. The van der Waals surface area contributed by atoms with Crippen molar-refractivity contribution >= 4 is 15.9 Å². The first-order chi connectivity index (χ1) is 11.4. The lowest BCUT2D eigenvalue weighted by Gasteiger charge is -2.08. The first-order valence-corrected chi connectivity index (χ1v) is 9.35. The number of benzene rings is 2. The molecule has 0 aliphatic heterocycles. The number of nitrogens with one attached hydrogen (secondary N) is 2. The van der Waals surface area contributed by atoms with Gasteiger partial charge >= 0.3 is 0 Å². The molecule has 0 radical (unpaired) electrons. The maximum absolute atomic E-state index is 12.1. The van der Waals surface area contributed by atoms with Gasteiger partial charge in [0.15, 0.2) is 0 Å². The largest absolute Gasteiger partial charge is 0.352 e. The molecule has 0 aliphatic rings. The van der Waals surface area contributed by atoms with E-state index in [1.807, 2.05) is 25.1 Å². The Kier molecular flexibility index (Phi) is 6.11. The summed E-state index contributed by atoms with van der Waals surface area (Å²) in [6.45, 7) is 4.49. The van der Waals surface area contributed by atoms with Crippen molar-refractivity contribution in [3.63, 3.8) is 0 Å². The normalized spacial score (nSPS) is 11.2. The van der Waals surface area contributed by atoms with Crippen LogP contribution in [0.5, 0.6) is 0 Å². The van der Waals surface area contributed by atoms with E-state index < -0.39 is 10.0 Å². The molecule has 0 atom stereocenters. The molecule has 0 spiro atoms. The van der Waals surface area contributed by atoms with E-state index in [0.717, 1.165) is 11.1 Å². The average molecular weight is 346 g/mol. The molecular formula is C18H22N2O3S. The SMILES string of the molecule is CCNS(=O)(=O)c1ccc(CCNC(=O)c2ccccc2C)cc1. The Balaban J connectivity index is 1.91. The Morgan fingerprint density at radius 2 is 1.71 bits per heavy atom. The Hall–Kier alpha value is -2.18. The van der Waals surface area contributed by atoms with Crippen molar-refractivity contribution in [3.8, 4) is 0 Å². The van der Waals surface area contributed by atoms with Crippen molar-refractivity contribution in [1.82, 2.24) is 10.0 Å². The molecule has 0 saturated carbocycles. The highest BCUT2D eigenvalue weighted by atomic mass is 32.2. The van der Waals surface area contributed by atoms with Gasteiger partial charge in [-0.05, 0) is 42.7 Å². The number of carbonyl (C=O) groups excluding carboxylic acids is 1. The van der Waals surface area contributed by atoms with Crippen LogP contribution in [0.3, 0.4) is 0 Å².